The Hall–Kier alpha value is -5.39. The molecule has 5 rings (SSSR count). The van der Waals surface area contributed by atoms with Crippen LogP contribution in [0.5, 0.6) is 28.7 Å². The molecule has 0 saturated carbocycles. The molecular weight excluding hydrogens is 668 g/mol. The third-order valence-corrected chi connectivity index (χ3v) is 9.07. The van der Waals surface area contributed by atoms with Crippen molar-refractivity contribution in [3.63, 3.8) is 0 Å². The third kappa shape index (κ3) is 10.8. The first kappa shape index (κ1) is 38.8. The smallest absolute Gasteiger partial charge is 0.235 e. The second-order valence-electron chi connectivity index (χ2n) is 12.9. The third-order valence-electron chi connectivity index (χ3n) is 9.07. The summed E-state index contributed by atoms with van der Waals surface area (Å²) in [7, 11) is 4.52. The van der Waals surface area contributed by atoms with Crippen molar-refractivity contribution in [1.29, 1.82) is 0 Å². The second kappa shape index (κ2) is 20.6. The second-order valence-corrected chi connectivity index (χ2v) is 12.9. The molecule has 0 amide bonds. The molecule has 0 aliphatic rings. The van der Waals surface area contributed by atoms with E-state index in [1.54, 1.807) is 24.3 Å². The zero-order chi connectivity index (χ0) is 37.3. The van der Waals surface area contributed by atoms with Gasteiger partial charge in [-0.05, 0) is 48.2 Å². The van der Waals surface area contributed by atoms with Crippen LogP contribution in [0.1, 0.15) is 80.9 Å². The summed E-state index contributed by atoms with van der Waals surface area (Å²) in [6.07, 6.45) is 11.3. The Morgan fingerprint density at radius 3 is 1.92 bits per heavy atom. The molecule has 1 N–H and O–H groups in total. The predicted molar refractivity (Wildman–Crippen MR) is 209 cm³/mol. The van der Waals surface area contributed by atoms with Gasteiger partial charge in [-0.1, -0.05) is 117 Å². The van der Waals surface area contributed by atoms with Crippen LogP contribution in [0.4, 0.5) is 0 Å². The van der Waals surface area contributed by atoms with Crippen LogP contribution in [0.25, 0.3) is 22.3 Å². The van der Waals surface area contributed by atoms with Crippen LogP contribution in [0, 0.1) is 11.8 Å². The van der Waals surface area contributed by atoms with Crippen LogP contribution in [-0.4, -0.2) is 33.0 Å². The normalized spacial score (nSPS) is 10.8. The van der Waals surface area contributed by atoms with Gasteiger partial charge in [0.1, 0.15) is 6.61 Å². The van der Waals surface area contributed by atoms with Crippen molar-refractivity contribution < 1.29 is 33.2 Å². The monoisotopic (exact) mass is 718 g/mol. The van der Waals surface area contributed by atoms with Crippen molar-refractivity contribution in [2.24, 2.45) is 0 Å². The van der Waals surface area contributed by atoms with Gasteiger partial charge in [-0.15, -0.1) is 0 Å². The minimum atomic E-state index is -0.606. The minimum Gasteiger partial charge on any atom is -0.502 e. The van der Waals surface area contributed by atoms with Gasteiger partial charge in [0.05, 0.1) is 38.9 Å². The van der Waals surface area contributed by atoms with Crippen LogP contribution in [0.2, 0.25) is 0 Å². The summed E-state index contributed by atoms with van der Waals surface area (Å²) in [6, 6.07) is 26.7. The number of rotatable bonds is 20. The molecule has 0 unspecified atom stereocenters. The van der Waals surface area contributed by atoms with E-state index in [4.69, 9.17) is 28.1 Å². The van der Waals surface area contributed by atoms with Crippen LogP contribution in [-0.2, 0) is 18.0 Å². The number of fused-ring (bicyclic) bond motifs is 1. The molecule has 0 saturated heterocycles. The summed E-state index contributed by atoms with van der Waals surface area (Å²) in [5.41, 5.74) is 2.69. The first-order valence-corrected chi connectivity index (χ1v) is 18.4. The van der Waals surface area contributed by atoms with E-state index in [2.05, 4.69) is 24.0 Å². The van der Waals surface area contributed by atoms with E-state index in [-0.39, 0.29) is 22.5 Å². The predicted octanol–water partition coefficient (Wildman–Crippen LogP) is 10.2. The lowest BCUT2D eigenvalue weighted by Gasteiger charge is -2.15. The fourth-order valence-electron chi connectivity index (χ4n) is 6.19. The van der Waals surface area contributed by atoms with Gasteiger partial charge in [0.25, 0.3) is 0 Å². The Kier molecular flexibility index (Phi) is 15.1. The molecule has 1 aromatic heterocycles. The number of methoxy groups -OCH3 is 3. The SMILES string of the molecule is COc1cc(-c2oc3c(OC)c(OC)c(C#CCCCCCCCCCCCOCc4ccccc4)cc3c(=O)c2O)ccc1OCc1ccccc1. The van der Waals surface area contributed by atoms with Gasteiger partial charge < -0.3 is 33.2 Å². The fourth-order valence-corrected chi connectivity index (χ4v) is 6.19. The lowest BCUT2D eigenvalue weighted by atomic mass is 10.0. The lowest BCUT2D eigenvalue weighted by Crippen LogP contribution is -2.06. The van der Waals surface area contributed by atoms with Gasteiger partial charge in [-0.25, -0.2) is 0 Å². The van der Waals surface area contributed by atoms with Gasteiger partial charge in [-0.3, -0.25) is 4.79 Å². The molecule has 8 nitrogen and oxygen atoms in total. The Morgan fingerprint density at radius 1 is 0.660 bits per heavy atom. The number of hydrogen-bond donors (Lipinski definition) is 1. The van der Waals surface area contributed by atoms with E-state index in [0.717, 1.165) is 37.9 Å². The molecule has 1 heterocycles. The summed E-state index contributed by atoms with van der Waals surface area (Å²) in [6.45, 7) is 1.86. The van der Waals surface area contributed by atoms with Crippen LogP contribution in [0.3, 0.4) is 0 Å². The lowest BCUT2D eigenvalue weighted by molar-refractivity contribution is 0.116. The molecule has 0 bridgehead atoms. The zero-order valence-electron chi connectivity index (χ0n) is 31.1. The summed E-state index contributed by atoms with van der Waals surface area (Å²) < 4.78 is 34.9. The minimum absolute atomic E-state index is 0.0290. The van der Waals surface area contributed by atoms with Gasteiger partial charge in [0.2, 0.25) is 16.9 Å². The Bertz CT molecular complexity index is 2010. The molecule has 0 fully saturated rings. The van der Waals surface area contributed by atoms with Crippen molar-refractivity contribution in [2.75, 3.05) is 27.9 Å². The van der Waals surface area contributed by atoms with Crippen LogP contribution < -0.4 is 24.4 Å². The topological polar surface area (TPSA) is 96.6 Å². The molecule has 53 heavy (non-hydrogen) atoms. The van der Waals surface area contributed by atoms with Crippen LogP contribution in [0.15, 0.2) is 94.1 Å². The summed E-state index contributed by atoms with van der Waals surface area (Å²) in [5.74, 6) is 7.34. The maximum Gasteiger partial charge on any atom is 0.235 e. The van der Waals surface area contributed by atoms with Crippen LogP contribution >= 0.6 is 0 Å². The standard InChI is InChI=1S/C45H50O8/c1-48-39-30-36(26-27-38(39)52-32-34-23-17-14-18-24-34)42-41(47)40(46)37-29-35(43(49-2)45(50-3)44(37)53-42)25-19-11-9-7-5-4-6-8-10-12-20-28-51-31-33-21-15-13-16-22-33/h13-18,21-24,26-27,29-30,47H,4-12,20,28,31-32H2,1-3H3. The maximum atomic E-state index is 13.6. The quantitative estimate of drug-likeness (QED) is 0.0628. The number of benzene rings is 4. The average Bonchev–Trinajstić information content (AvgIpc) is 3.20. The highest BCUT2D eigenvalue weighted by atomic mass is 16.5. The summed E-state index contributed by atoms with van der Waals surface area (Å²) in [5, 5.41) is 11.2. The molecule has 278 valence electrons. The molecule has 0 radical (unpaired) electrons. The van der Waals surface area contributed by atoms with Crippen molar-refractivity contribution >= 4 is 11.0 Å². The maximum absolute atomic E-state index is 13.6. The first-order chi connectivity index (χ1) is 26.0. The molecule has 0 atom stereocenters. The van der Waals surface area contributed by atoms with E-state index >= 15 is 0 Å². The Labute approximate surface area is 312 Å². The molecular formula is C45H50O8. The number of unbranched alkanes of at least 4 members (excludes halogenated alkanes) is 9. The van der Waals surface area contributed by atoms with Crippen molar-refractivity contribution in [1.82, 2.24) is 0 Å². The highest BCUT2D eigenvalue weighted by Crippen LogP contribution is 2.42. The molecule has 4 aromatic carbocycles. The van der Waals surface area contributed by atoms with E-state index in [1.165, 1.54) is 65.4 Å². The van der Waals surface area contributed by atoms with Gasteiger partial charge >= 0.3 is 0 Å². The Balaban J connectivity index is 1.14. The average molecular weight is 719 g/mol. The van der Waals surface area contributed by atoms with Crippen molar-refractivity contribution in [2.45, 2.75) is 77.4 Å². The highest BCUT2D eigenvalue weighted by molar-refractivity contribution is 5.91. The van der Waals surface area contributed by atoms with Gasteiger partial charge in [-0.2, -0.15) is 0 Å². The summed E-state index contributed by atoms with van der Waals surface area (Å²) in [4.78, 5) is 13.6. The van der Waals surface area contributed by atoms with Crippen molar-refractivity contribution in [3.05, 3.63) is 112 Å². The molecule has 0 aliphatic heterocycles. The molecule has 0 spiro atoms. The first-order valence-electron chi connectivity index (χ1n) is 18.4. The molecule has 0 aliphatic carbocycles. The largest absolute Gasteiger partial charge is 0.502 e. The Morgan fingerprint density at radius 2 is 1.28 bits per heavy atom. The number of hydrogen-bond acceptors (Lipinski definition) is 8. The fraction of sp³-hybridized carbons (Fsp3) is 0.356. The van der Waals surface area contributed by atoms with Crippen molar-refractivity contribution in [3.8, 4) is 51.9 Å². The summed E-state index contributed by atoms with van der Waals surface area (Å²) >= 11 is 0. The molecule has 8 heteroatoms. The zero-order valence-corrected chi connectivity index (χ0v) is 31.1. The van der Waals surface area contributed by atoms with Gasteiger partial charge in [0, 0.05) is 18.6 Å². The number of ether oxygens (including phenoxy) is 5. The van der Waals surface area contributed by atoms with E-state index in [9.17, 15) is 9.90 Å². The molecule has 5 aromatic rings. The van der Waals surface area contributed by atoms with E-state index in [1.807, 2.05) is 48.5 Å². The number of aromatic hydroxyl groups is 1. The van der Waals surface area contributed by atoms with Gasteiger partial charge in [0.15, 0.2) is 28.6 Å². The highest BCUT2D eigenvalue weighted by Gasteiger charge is 2.24. The van der Waals surface area contributed by atoms with E-state index in [0.29, 0.717) is 41.6 Å². The van der Waals surface area contributed by atoms with E-state index < -0.39 is 11.2 Å².